The quantitative estimate of drug-likeness (QED) is 0.803. The van der Waals surface area contributed by atoms with Crippen LogP contribution in [0.25, 0.3) is 10.9 Å². The fraction of sp³-hybridized carbons (Fsp3) is 0.375. The second-order valence-corrected chi connectivity index (χ2v) is 5.59. The van der Waals surface area contributed by atoms with Gasteiger partial charge in [-0.1, -0.05) is 0 Å². The number of hydrogen-bond acceptors (Lipinski definition) is 2. The number of carbonyl (C=O) groups is 2. The minimum Gasteiger partial charge on any atom is -0.340 e. The number of amides is 2. The van der Waals surface area contributed by atoms with Crippen LogP contribution in [0.1, 0.15) is 17.4 Å². The van der Waals surface area contributed by atoms with Crippen molar-refractivity contribution in [3.8, 4) is 0 Å². The smallest absolute Gasteiger partial charge is 0.270 e. The Labute approximate surface area is 127 Å². The summed E-state index contributed by atoms with van der Waals surface area (Å²) in [5.74, 6) is -0.360. The lowest BCUT2D eigenvalue weighted by atomic mass is 10.2. The van der Waals surface area contributed by atoms with E-state index in [1.807, 2.05) is 0 Å². The highest BCUT2D eigenvalue weighted by atomic mass is 19.1. The summed E-state index contributed by atoms with van der Waals surface area (Å²) < 4.78 is 15.1. The molecule has 0 unspecified atom stereocenters. The van der Waals surface area contributed by atoms with Gasteiger partial charge in [-0.05, 0) is 24.3 Å². The molecule has 5 nitrogen and oxygen atoms in total. The third-order valence-electron chi connectivity index (χ3n) is 4.24. The van der Waals surface area contributed by atoms with E-state index in [2.05, 4.69) is 0 Å². The van der Waals surface area contributed by atoms with E-state index in [4.69, 9.17) is 0 Å². The van der Waals surface area contributed by atoms with Crippen LogP contribution in [-0.2, 0) is 11.8 Å². The average Bonchev–Trinajstić information content (AvgIpc) is 2.83. The molecule has 2 heterocycles. The fourth-order valence-corrected chi connectivity index (χ4v) is 2.91. The zero-order chi connectivity index (χ0) is 15.9. The van der Waals surface area contributed by atoms with Gasteiger partial charge in [-0.2, -0.15) is 0 Å². The van der Waals surface area contributed by atoms with Crippen LogP contribution < -0.4 is 0 Å². The minimum absolute atomic E-state index is 0.0344. The molecule has 0 saturated carbocycles. The van der Waals surface area contributed by atoms with E-state index >= 15 is 0 Å². The summed E-state index contributed by atoms with van der Waals surface area (Å²) in [6.07, 6.45) is 0. The number of fused-ring (bicyclic) bond motifs is 1. The molecule has 116 valence electrons. The first-order chi connectivity index (χ1) is 10.5. The fourth-order valence-electron chi connectivity index (χ4n) is 2.91. The van der Waals surface area contributed by atoms with Gasteiger partial charge < -0.3 is 14.4 Å². The standard InChI is InChI=1S/C16H18FN3O2/c1-11(21)19-5-7-20(8-6-19)16(22)15-10-12-9-13(17)3-4-14(12)18(15)2/h3-4,9-10H,5-8H2,1-2H3. The van der Waals surface area contributed by atoms with Crippen molar-refractivity contribution in [2.75, 3.05) is 26.2 Å². The average molecular weight is 303 g/mol. The van der Waals surface area contributed by atoms with E-state index in [-0.39, 0.29) is 17.6 Å². The molecule has 1 aliphatic heterocycles. The van der Waals surface area contributed by atoms with Crippen molar-refractivity contribution < 1.29 is 14.0 Å². The van der Waals surface area contributed by atoms with Crippen molar-refractivity contribution in [3.63, 3.8) is 0 Å². The molecular formula is C16H18FN3O2. The zero-order valence-electron chi connectivity index (χ0n) is 12.7. The van der Waals surface area contributed by atoms with Gasteiger partial charge in [-0.3, -0.25) is 9.59 Å². The summed E-state index contributed by atoms with van der Waals surface area (Å²) >= 11 is 0. The van der Waals surface area contributed by atoms with E-state index in [1.165, 1.54) is 19.1 Å². The number of carbonyl (C=O) groups excluding carboxylic acids is 2. The number of halogens is 1. The molecule has 0 atom stereocenters. The van der Waals surface area contributed by atoms with Crippen LogP contribution in [0.2, 0.25) is 0 Å². The molecule has 0 spiro atoms. The number of piperazine rings is 1. The molecule has 2 aromatic rings. The normalized spacial score (nSPS) is 15.4. The monoisotopic (exact) mass is 303 g/mol. The van der Waals surface area contributed by atoms with Gasteiger partial charge in [0.2, 0.25) is 5.91 Å². The Morgan fingerprint density at radius 1 is 1.05 bits per heavy atom. The summed E-state index contributed by atoms with van der Waals surface area (Å²) in [5, 5.41) is 0.716. The molecule has 0 radical (unpaired) electrons. The second kappa shape index (κ2) is 5.44. The Bertz CT molecular complexity index is 745. The molecule has 1 aromatic carbocycles. The van der Waals surface area contributed by atoms with Gasteiger partial charge in [-0.15, -0.1) is 0 Å². The summed E-state index contributed by atoms with van der Waals surface area (Å²) in [7, 11) is 1.80. The maximum atomic E-state index is 13.3. The van der Waals surface area contributed by atoms with E-state index in [9.17, 15) is 14.0 Å². The van der Waals surface area contributed by atoms with Crippen LogP contribution in [0.3, 0.4) is 0 Å². The highest BCUT2D eigenvalue weighted by Gasteiger charge is 2.25. The van der Waals surface area contributed by atoms with Crippen LogP contribution in [-0.4, -0.2) is 52.4 Å². The molecule has 6 heteroatoms. The SMILES string of the molecule is CC(=O)N1CCN(C(=O)c2cc3cc(F)ccc3n2C)CC1. The Morgan fingerprint density at radius 3 is 2.32 bits per heavy atom. The van der Waals surface area contributed by atoms with Gasteiger partial charge >= 0.3 is 0 Å². The van der Waals surface area contributed by atoms with Gasteiger partial charge in [0, 0.05) is 51.1 Å². The van der Waals surface area contributed by atoms with Crippen molar-refractivity contribution in [2.45, 2.75) is 6.92 Å². The summed E-state index contributed by atoms with van der Waals surface area (Å²) in [6.45, 7) is 3.69. The molecule has 0 bridgehead atoms. The van der Waals surface area contributed by atoms with Crippen LogP contribution in [0, 0.1) is 5.82 Å². The molecule has 22 heavy (non-hydrogen) atoms. The first-order valence-electron chi connectivity index (χ1n) is 7.27. The van der Waals surface area contributed by atoms with Crippen LogP contribution in [0.5, 0.6) is 0 Å². The lowest BCUT2D eigenvalue weighted by molar-refractivity contribution is -0.130. The molecule has 1 aliphatic rings. The predicted octanol–water partition coefficient (Wildman–Crippen LogP) is 1.62. The summed E-state index contributed by atoms with van der Waals surface area (Å²) in [6, 6.07) is 6.22. The van der Waals surface area contributed by atoms with Crippen LogP contribution in [0.4, 0.5) is 4.39 Å². The highest BCUT2D eigenvalue weighted by molar-refractivity contribution is 5.98. The highest BCUT2D eigenvalue weighted by Crippen LogP contribution is 2.21. The van der Waals surface area contributed by atoms with Crippen molar-refractivity contribution >= 4 is 22.7 Å². The van der Waals surface area contributed by atoms with Crippen LogP contribution >= 0.6 is 0 Å². The second-order valence-electron chi connectivity index (χ2n) is 5.59. The minimum atomic E-state index is -0.313. The zero-order valence-corrected chi connectivity index (χ0v) is 12.7. The number of benzene rings is 1. The molecule has 3 rings (SSSR count). The third-order valence-corrected chi connectivity index (χ3v) is 4.24. The molecular weight excluding hydrogens is 285 g/mol. The lowest BCUT2D eigenvalue weighted by Gasteiger charge is -2.34. The number of hydrogen-bond donors (Lipinski definition) is 0. The molecule has 0 aliphatic carbocycles. The van der Waals surface area contributed by atoms with Crippen LogP contribution in [0.15, 0.2) is 24.3 Å². The Hall–Kier alpha value is -2.37. The van der Waals surface area contributed by atoms with E-state index < -0.39 is 0 Å². The van der Waals surface area contributed by atoms with Gasteiger partial charge in [0.05, 0.1) is 0 Å². The Morgan fingerprint density at radius 2 is 1.68 bits per heavy atom. The maximum absolute atomic E-state index is 13.3. The Kier molecular flexibility index (Phi) is 3.60. The van der Waals surface area contributed by atoms with Gasteiger partial charge in [0.15, 0.2) is 0 Å². The maximum Gasteiger partial charge on any atom is 0.270 e. The number of aryl methyl sites for hydroxylation is 1. The van der Waals surface area contributed by atoms with Gasteiger partial charge in [-0.25, -0.2) is 4.39 Å². The van der Waals surface area contributed by atoms with Gasteiger partial charge in [0.25, 0.3) is 5.91 Å². The molecule has 1 fully saturated rings. The molecule has 0 N–H and O–H groups in total. The summed E-state index contributed by atoms with van der Waals surface area (Å²) in [5.41, 5.74) is 1.36. The topological polar surface area (TPSA) is 45.6 Å². The molecule has 1 aromatic heterocycles. The van der Waals surface area contributed by atoms with Gasteiger partial charge in [0.1, 0.15) is 11.5 Å². The van der Waals surface area contributed by atoms with Crippen molar-refractivity contribution in [1.29, 1.82) is 0 Å². The van der Waals surface area contributed by atoms with Crippen molar-refractivity contribution in [1.82, 2.24) is 14.4 Å². The summed E-state index contributed by atoms with van der Waals surface area (Å²) in [4.78, 5) is 27.5. The van der Waals surface area contributed by atoms with E-state index in [1.54, 1.807) is 33.5 Å². The third kappa shape index (κ3) is 2.45. The number of rotatable bonds is 1. The number of nitrogens with zero attached hydrogens (tertiary/aromatic N) is 3. The van der Waals surface area contributed by atoms with Crippen molar-refractivity contribution in [2.24, 2.45) is 7.05 Å². The first-order valence-corrected chi connectivity index (χ1v) is 7.27. The van der Waals surface area contributed by atoms with Crippen molar-refractivity contribution in [3.05, 3.63) is 35.8 Å². The predicted molar refractivity (Wildman–Crippen MR) is 81.0 cm³/mol. The Balaban J connectivity index is 1.84. The van der Waals surface area contributed by atoms with E-state index in [0.717, 1.165) is 5.52 Å². The molecule has 1 saturated heterocycles. The van der Waals surface area contributed by atoms with E-state index in [0.29, 0.717) is 37.3 Å². The first kappa shape index (κ1) is 14.6. The largest absolute Gasteiger partial charge is 0.340 e. The molecule has 2 amide bonds. The lowest BCUT2D eigenvalue weighted by Crippen LogP contribution is -2.50. The number of aromatic nitrogens is 1.